The zero-order valence-corrected chi connectivity index (χ0v) is 13.1. The van der Waals surface area contributed by atoms with Crippen molar-refractivity contribution in [2.75, 3.05) is 26.2 Å². The van der Waals surface area contributed by atoms with E-state index < -0.39 is 10.0 Å². The molecule has 0 atom stereocenters. The van der Waals surface area contributed by atoms with Crippen LogP contribution in [-0.2, 0) is 10.0 Å². The SMILES string of the molecule is O=C(c1ncccn1)N1CCCN(S(=O)(=O)c2cnc[nH]2)CC1. The molecular weight excluding hydrogens is 320 g/mol. The van der Waals surface area contributed by atoms with Gasteiger partial charge >= 0.3 is 0 Å². The molecule has 3 heterocycles. The number of rotatable bonds is 3. The van der Waals surface area contributed by atoms with E-state index >= 15 is 0 Å². The van der Waals surface area contributed by atoms with E-state index in [1.54, 1.807) is 11.0 Å². The Labute approximate surface area is 133 Å². The quantitative estimate of drug-likeness (QED) is 0.826. The third-order valence-electron chi connectivity index (χ3n) is 3.59. The third-order valence-corrected chi connectivity index (χ3v) is 5.41. The molecule has 122 valence electrons. The Morgan fingerprint density at radius 1 is 1.13 bits per heavy atom. The Morgan fingerprint density at radius 3 is 2.61 bits per heavy atom. The van der Waals surface area contributed by atoms with Crippen molar-refractivity contribution in [2.45, 2.75) is 11.4 Å². The lowest BCUT2D eigenvalue weighted by atomic mass is 10.3. The lowest BCUT2D eigenvalue weighted by Gasteiger charge is -2.20. The molecular formula is C13H16N6O3S. The van der Waals surface area contributed by atoms with Gasteiger partial charge in [0.05, 0.1) is 12.5 Å². The van der Waals surface area contributed by atoms with Gasteiger partial charge in [-0.2, -0.15) is 4.31 Å². The van der Waals surface area contributed by atoms with Crippen molar-refractivity contribution in [1.82, 2.24) is 29.1 Å². The van der Waals surface area contributed by atoms with Crippen LogP contribution in [-0.4, -0.2) is 69.6 Å². The maximum absolute atomic E-state index is 12.5. The van der Waals surface area contributed by atoms with E-state index in [2.05, 4.69) is 19.9 Å². The first kappa shape index (κ1) is 15.6. The topological polar surface area (TPSA) is 112 Å². The number of hydrogen-bond acceptors (Lipinski definition) is 6. The largest absolute Gasteiger partial charge is 0.335 e. The number of hydrogen-bond donors (Lipinski definition) is 1. The fraction of sp³-hybridized carbons (Fsp3) is 0.385. The first-order valence-corrected chi connectivity index (χ1v) is 8.58. The molecule has 0 bridgehead atoms. The molecule has 0 unspecified atom stereocenters. The van der Waals surface area contributed by atoms with E-state index in [1.807, 2.05) is 0 Å². The van der Waals surface area contributed by atoms with Crippen LogP contribution in [0.1, 0.15) is 17.0 Å². The number of H-pyrrole nitrogens is 1. The average molecular weight is 336 g/mol. The summed E-state index contributed by atoms with van der Waals surface area (Å²) in [6, 6.07) is 1.64. The van der Waals surface area contributed by atoms with Crippen LogP contribution in [0.5, 0.6) is 0 Å². The molecule has 10 heteroatoms. The minimum absolute atomic E-state index is 0.0590. The van der Waals surface area contributed by atoms with Crippen molar-refractivity contribution in [3.63, 3.8) is 0 Å². The van der Waals surface area contributed by atoms with Gasteiger partial charge in [0.15, 0.2) is 5.03 Å². The predicted octanol–water partition coefficient (Wildman–Crippen LogP) is -0.263. The number of aromatic amines is 1. The van der Waals surface area contributed by atoms with Gasteiger partial charge in [-0.05, 0) is 12.5 Å². The molecule has 1 saturated heterocycles. The van der Waals surface area contributed by atoms with Gasteiger partial charge in [-0.25, -0.2) is 23.4 Å². The molecule has 0 spiro atoms. The highest BCUT2D eigenvalue weighted by Gasteiger charge is 2.29. The summed E-state index contributed by atoms with van der Waals surface area (Å²) >= 11 is 0. The molecule has 2 aromatic heterocycles. The first-order valence-electron chi connectivity index (χ1n) is 7.14. The van der Waals surface area contributed by atoms with Crippen molar-refractivity contribution >= 4 is 15.9 Å². The van der Waals surface area contributed by atoms with E-state index in [-0.39, 0.29) is 23.3 Å². The highest BCUT2D eigenvalue weighted by Crippen LogP contribution is 2.15. The van der Waals surface area contributed by atoms with E-state index in [4.69, 9.17) is 0 Å². The highest BCUT2D eigenvalue weighted by atomic mass is 32.2. The van der Waals surface area contributed by atoms with Gasteiger partial charge in [0, 0.05) is 38.6 Å². The van der Waals surface area contributed by atoms with Gasteiger partial charge in [0.2, 0.25) is 5.82 Å². The van der Waals surface area contributed by atoms with Gasteiger partial charge in [-0.15, -0.1) is 0 Å². The molecule has 23 heavy (non-hydrogen) atoms. The molecule has 0 aromatic carbocycles. The fourth-order valence-corrected chi connectivity index (χ4v) is 3.78. The predicted molar refractivity (Wildman–Crippen MR) is 79.9 cm³/mol. The van der Waals surface area contributed by atoms with E-state index in [0.29, 0.717) is 26.1 Å². The minimum atomic E-state index is -3.61. The Morgan fingerprint density at radius 2 is 1.91 bits per heavy atom. The standard InChI is InChI=1S/C13H16N6O3S/c20-13(12-15-3-1-4-16-12)18-5-2-6-19(8-7-18)23(21,22)11-9-14-10-17-11/h1,3-4,9-10H,2,5-8H2,(H,14,17). The van der Waals surface area contributed by atoms with Crippen molar-refractivity contribution < 1.29 is 13.2 Å². The van der Waals surface area contributed by atoms with Crippen molar-refractivity contribution in [3.8, 4) is 0 Å². The lowest BCUT2D eigenvalue weighted by molar-refractivity contribution is 0.0752. The Bertz CT molecular complexity index is 762. The first-order chi connectivity index (χ1) is 11.1. The van der Waals surface area contributed by atoms with E-state index in [9.17, 15) is 13.2 Å². The Balaban J connectivity index is 1.72. The fourth-order valence-electron chi connectivity index (χ4n) is 2.41. The molecule has 1 aliphatic heterocycles. The van der Waals surface area contributed by atoms with Crippen LogP contribution in [0.3, 0.4) is 0 Å². The number of carbonyl (C=O) groups excluding carboxylic acids is 1. The van der Waals surface area contributed by atoms with Gasteiger partial charge in [-0.3, -0.25) is 4.79 Å². The molecule has 0 aliphatic carbocycles. The van der Waals surface area contributed by atoms with Crippen LogP contribution in [0.15, 0.2) is 36.0 Å². The number of nitrogens with one attached hydrogen (secondary N) is 1. The average Bonchev–Trinajstić information content (AvgIpc) is 3.00. The smallest absolute Gasteiger partial charge is 0.291 e. The maximum atomic E-state index is 12.5. The summed E-state index contributed by atoms with van der Waals surface area (Å²) in [6.07, 6.45) is 6.17. The number of sulfonamides is 1. The molecule has 1 N–H and O–H groups in total. The number of carbonyl (C=O) groups is 1. The van der Waals surface area contributed by atoms with Crippen LogP contribution in [0.2, 0.25) is 0 Å². The molecule has 1 fully saturated rings. The van der Waals surface area contributed by atoms with Crippen molar-refractivity contribution in [2.24, 2.45) is 0 Å². The van der Waals surface area contributed by atoms with Gasteiger partial charge in [0.1, 0.15) is 0 Å². The number of amides is 1. The zero-order chi connectivity index (χ0) is 16.3. The molecule has 1 amide bonds. The van der Waals surface area contributed by atoms with Gasteiger partial charge in [0.25, 0.3) is 15.9 Å². The van der Waals surface area contributed by atoms with E-state index in [0.717, 1.165) is 0 Å². The molecule has 3 rings (SSSR count). The van der Waals surface area contributed by atoms with Crippen LogP contribution in [0.4, 0.5) is 0 Å². The van der Waals surface area contributed by atoms with Gasteiger partial charge in [-0.1, -0.05) is 0 Å². The van der Waals surface area contributed by atoms with Crippen LogP contribution in [0.25, 0.3) is 0 Å². The second kappa shape index (κ2) is 6.42. The van der Waals surface area contributed by atoms with Crippen LogP contribution < -0.4 is 0 Å². The van der Waals surface area contributed by atoms with Crippen molar-refractivity contribution in [3.05, 3.63) is 36.8 Å². The molecule has 9 nitrogen and oxygen atoms in total. The Hall–Kier alpha value is -2.33. The number of nitrogens with zero attached hydrogens (tertiary/aromatic N) is 5. The van der Waals surface area contributed by atoms with E-state index in [1.165, 1.54) is 29.2 Å². The molecule has 0 radical (unpaired) electrons. The number of imidazole rings is 1. The van der Waals surface area contributed by atoms with Crippen LogP contribution in [0, 0.1) is 0 Å². The summed E-state index contributed by atoms with van der Waals surface area (Å²) in [6.45, 7) is 1.33. The molecule has 0 saturated carbocycles. The Kier molecular flexibility index (Phi) is 4.35. The lowest BCUT2D eigenvalue weighted by Crippen LogP contribution is -2.38. The summed E-state index contributed by atoms with van der Waals surface area (Å²) < 4.78 is 26.3. The number of aromatic nitrogens is 4. The van der Waals surface area contributed by atoms with Crippen molar-refractivity contribution in [1.29, 1.82) is 0 Å². The zero-order valence-electron chi connectivity index (χ0n) is 12.3. The monoisotopic (exact) mass is 336 g/mol. The second-order valence-electron chi connectivity index (χ2n) is 5.04. The second-order valence-corrected chi connectivity index (χ2v) is 6.94. The summed E-state index contributed by atoms with van der Waals surface area (Å²) in [5, 5.41) is 0.0590. The summed E-state index contributed by atoms with van der Waals surface area (Å²) in [5.74, 6) is -0.163. The van der Waals surface area contributed by atoms with Gasteiger partial charge < -0.3 is 9.88 Å². The minimum Gasteiger partial charge on any atom is -0.335 e. The highest BCUT2D eigenvalue weighted by molar-refractivity contribution is 7.89. The van der Waals surface area contributed by atoms with Crippen LogP contribution >= 0.6 is 0 Å². The molecule has 1 aliphatic rings. The maximum Gasteiger partial charge on any atom is 0.291 e. The third kappa shape index (κ3) is 3.22. The normalized spacial score (nSPS) is 17.0. The molecule has 2 aromatic rings. The summed E-state index contributed by atoms with van der Waals surface area (Å²) in [5.41, 5.74) is 0. The summed E-state index contributed by atoms with van der Waals surface area (Å²) in [7, 11) is -3.61. The summed E-state index contributed by atoms with van der Waals surface area (Å²) in [4.78, 5) is 28.2.